The van der Waals surface area contributed by atoms with E-state index < -0.39 is 0 Å². The van der Waals surface area contributed by atoms with E-state index >= 15 is 0 Å². The van der Waals surface area contributed by atoms with Crippen LogP contribution in [-0.4, -0.2) is 13.6 Å². The molecule has 0 fully saturated rings. The molecule has 0 nitrogen and oxygen atoms in total. The number of rotatable bonds is 0. The van der Waals surface area contributed by atoms with Gasteiger partial charge in [0, 0.05) is 0 Å². The Morgan fingerprint density at radius 1 is 0.833 bits per heavy atom. The van der Waals surface area contributed by atoms with E-state index in [4.69, 9.17) is 0 Å². The molecule has 0 N–H and O–H groups in total. The van der Waals surface area contributed by atoms with Crippen LogP contribution in [0.3, 0.4) is 0 Å². The van der Waals surface area contributed by atoms with Crippen LogP contribution >= 0.6 is 0 Å². The van der Waals surface area contributed by atoms with Crippen molar-refractivity contribution in [1.82, 2.24) is 0 Å². The number of hydrogen-bond donors (Lipinski definition) is 0. The van der Waals surface area contributed by atoms with Gasteiger partial charge in [-0.2, -0.15) is 0 Å². The standard InChI is InChI=1S/C4H4B2/c1-2-4-6-5-3-1/h1-4H. The molecule has 2 heteroatoms. The molecule has 0 bridgehead atoms. The molecule has 0 aliphatic heterocycles. The molecule has 0 aliphatic carbocycles. The van der Waals surface area contributed by atoms with Gasteiger partial charge in [0.25, 0.3) is 0 Å². The van der Waals surface area contributed by atoms with E-state index in [1.54, 1.807) is 0 Å². The molecule has 0 saturated heterocycles. The van der Waals surface area contributed by atoms with E-state index in [1.165, 1.54) is 0 Å². The van der Waals surface area contributed by atoms with Crippen LogP contribution in [0, 0.1) is 0 Å². The van der Waals surface area contributed by atoms with E-state index in [2.05, 4.69) is 0 Å². The van der Waals surface area contributed by atoms with Gasteiger partial charge in [0.2, 0.25) is 0 Å². The van der Waals surface area contributed by atoms with Crippen molar-refractivity contribution in [1.29, 1.82) is 0 Å². The summed E-state index contributed by atoms with van der Waals surface area (Å²) in [4.78, 5) is 0. The SMILES string of the molecule is b1bcccc1. The molecule has 0 aromatic carbocycles. The molecule has 0 atom stereocenters. The van der Waals surface area contributed by atoms with Gasteiger partial charge in [0.15, 0.2) is 0 Å². The van der Waals surface area contributed by atoms with Gasteiger partial charge in [0.1, 0.15) is 0 Å². The molecule has 0 aliphatic rings. The van der Waals surface area contributed by atoms with Crippen LogP contribution in [0.25, 0.3) is 0 Å². The summed E-state index contributed by atoms with van der Waals surface area (Å²) in [6, 6.07) is 4.00. The second-order valence-corrected chi connectivity index (χ2v) is 1.15. The zero-order valence-corrected chi connectivity index (χ0v) is 3.46. The Balaban J connectivity index is 3.00. The third kappa shape index (κ3) is 0.781. The Kier molecular flexibility index (Phi) is 1.21. The van der Waals surface area contributed by atoms with Crippen molar-refractivity contribution < 1.29 is 0 Å². The van der Waals surface area contributed by atoms with Crippen LogP contribution in [0.2, 0.25) is 0 Å². The minimum atomic E-state index is 2.00. The first-order valence-electron chi connectivity index (χ1n) is 2.00. The van der Waals surface area contributed by atoms with Gasteiger partial charge in [-0.05, 0) is 0 Å². The van der Waals surface area contributed by atoms with Crippen molar-refractivity contribution in [3.63, 3.8) is 0 Å². The number of hydrogen-bond acceptors (Lipinski definition) is 0. The Bertz CT molecular complexity index is 77.5. The first-order chi connectivity index (χ1) is 3.00. The molecular weight excluding hydrogens is 69.7 g/mol. The van der Waals surface area contributed by atoms with E-state index in [0.29, 0.717) is 0 Å². The first-order valence-corrected chi connectivity index (χ1v) is 2.00. The summed E-state index contributed by atoms with van der Waals surface area (Å²) in [6.07, 6.45) is 0. The third-order valence-electron chi connectivity index (χ3n) is 0.667. The van der Waals surface area contributed by atoms with Crippen molar-refractivity contribution >= 4 is 13.6 Å². The van der Waals surface area contributed by atoms with E-state index in [-0.39, 0.29) is 0 Å². The van der Waals surface area contributed by atoms with Crippen molar-refractivity contribution in [3.05, 3.63) is 24.1 Å². The summed E-state index contributed by atoms with van der Waals surface area (Å²) in [5.41, 5.74) is 0. The Morgan fingerprint density at radius 3 is 1.50 bits per heavy atom. The minimum absolute atomic E-state index is 2.00. The zero-order valence-electron chi connectivity index (χ0n) is 3.46. The maximum absolute atomic E-state index is 2.00. The molecule has 0 spiro atoms. The molecule has 1 aromatic rings. The van der Waals surface area contributed by atoms with Crippen LogP contribution in [-0.2, 0) is 0 Å². The van der Waals surface area contributed by atoms with Crippen molar-refractivity contribution in [2.75, 3.05) is 0 Å². The van der Waals surface area contributed by atoms with Crippen LogP contribution in [0.1, 0.15) is 0 Å². The van der Waals surface area contributed by atoms with E-state index in [9.17, 15) is 0 Å². The predicted octanol–water partition coefficient (Wildman–Crippen LogP) is 0.363. The summed E-state index contributed by atoms with van der Waals surface area (Å²) in [7, 11) is 0. The van der Waals surface area contributed by atoms with E-state index in [1.807, 2.05) is 37.6 Å². The summed E-state index contributed by atoms with van der Waals surface area (Å²) < 4.78 is 0. The average molecular weight is 73.7 g/mol. The molecule has 0 saturated carbocycles. The summed E-state index contributed by atoms with van der Waals surface area (Å²) in [5.74, 6) is 4.00. The monoisotopic (exact) mass is 74.0 g/mol. The topological polar surface area (TPSA) is 0 Å². The Morgan fingerprint density at radius 2 is 1.33 bits per heavy atom. The normalized spacial score (nSPS) is 6.67. The molecule has 1 heterocycles. The summed E-state index contributed by atoms with van der Waals surface area (Å²) >= 11 is 0. The van der Waals surface area contributed by atoms with Crippen molar-refractivity contribution in [2.24, 2.45) is 0 Å². The molecule has 0 unspecified atom stereocenters. The van der Waals surface area contributed by atoms with Crippen LogP contribution in [0.4, 0.5) is 0 Å². The van der Waals surface area contributed by atoms with E-state index in [0.717, 1.165) is 0 Å². The third-order valence-corrected chi connectivity index (χ3v) is 0.667. The molecule has 0 radical (unpaired) electrons. The van der Waals surface area contributed by atoms with Gasteiger partial charge in [-0.25, -0.2) is 0 Å². The van der Waals surface area contributed by atoms with Gasteiger partial charge in [-0.3, -0.25) is 0 Å². The molecule has 1 aromatic heterocycles. The predicted molar refractivity (Wildman–Crippen MR) is 29.1 cm³/mol. The van der Waals surface area contributed by atoms with Gasteiger partial charge in [0.05, 0.1) is 0 Å². The van der Waals surface area contributed by atoms with Gasteiger partial charge in [-0.15, -0.1) is 0 Å². The molecule has 26 valence electrons. The van der Waals surface area contributed by atoms with Crippen molar-refractivity contribution in [2.45, 2.75) is 0 Å². The fourth-order valence-electron chi connectivity index (χ4n) is 0.385. The van der Waals surface area contributed by atoms with Crippen LogP contribution in [0.5, 0.6) is 0 Å². The molecular formula is C4H4B2. The molecule has 6 heavy (non-hydrogen) atoms. The van der Waals surface area contributed by atoms with Gasteiger partial charge >= 0.3 is 37.6 Å². The Labute approximate surface area is 38.6 Å². The fraction of sp³-hybridized carbons (Fsp3) is 0. The van der Waals surface area contributed by atoms with Gasteiger partial charge in [-0.1, -0.05) is 0 Å². The summed E-state index contributed by atoms with van der Waals surface area (Å²) in [5, 5.41) is 0. The first kappa shape index (κ1) is 3.79. The van der Waals surface area contributed by atoms with Crippen molar-refractivity contribution in [3.8, 4) is 0 Å². The second kappa shape index (κ2) is 1.91. The Hall–Kier alpha value is -0.390. The van der Waals surface area contributed by atoms with Crippen LogP contribution < -0.4 is 0 Å². The average Bonchev–Trinajstić information content (AvgIpc) is 1.72. The van der Waals surface area contributed by atoms with Gasteiger partial charge < -0.3 is 0 Å². The summed E-state index contributed by atoms with van der Waals surface area (Å²) in [6.45, 7) is 4.00. The zero-order chi connectivity index (χ0) is 4.24. The second-order valence-electron chi connectivity index (χ2n) is 1.15. The molecule has 1 rings (SSSR count). The molecule has 0 amide bonds. The maximum atomic E-state index is 2.00. The van der Waals surface area contributed by atoms with Crippen LogP contribution in [0.15, 0.2) is 24.1 Å². The fourth-order valence-corrected chi connectivity index (χ4v) is 0.385. The quantitative estimate of drug-likeness (QED) is 0.416.